The van der Waals surface area contributed by atoms with Crippen LogP contribution in [0.25, 0.3) is 0 Å². The van der Waals surface area contributed by atoms with Gasteiger partial charge in [0.25, 0.3) is 0 Å². The molecule has 0 saturated heterocycles. The van der Waals surface area contributed by atoms with E-state index in [1.165, 1.54) is 16.7 Å². The van der Waals surface area contributed by atoms with Gasteiger partial charge in [-0.2, -0.15) is 0 Å². The molecule has 0 aliphatic heterocycles. The molecule has 4 rings (SSSR count). The fourth-order valence-electron chi connectivity index (χ4n) is 4.15. The van der Waals surface area contributed by atoms with E-state index in [1.54, 1.807) is 0 Å². The predicted molar refractivity (Wildman–Crippen MR) is 106 cm³/mol. The highest BCUT2D eigenvalue weighted by molar-refractivity contribution is 5.53. The molecule has 25 heavy (non-hydrogen) atoms. The number of benzene rings is 3. The van der Waals surface area contributed by atoms with E-state index in [0.29, 0.717) is 5.92 Å². The summed E-state index contributed by atoms with van der Waals surface area (Å²) in [4.78, 5) is 0. The molecule has 3 aromatic rings. The van der Waals surface area contributed by atoms with Crippen LogP contribution in [0.15, 0.2) is 115 Å². The third-order valence-corrected chi connectivity index (χ3v) is 5.22. The second-order valence-electron chi connectivity index (χ2n) is 6.56. The van der Waals surface area contributed by atoms with E-state index in [-0.39, 0.29) is 5.41 Å². The lowest BCUT2D eigenvalue weighted by Gasteiger charge is -2.42. The maximum Gasteiger partial charge on any atom is 0.0516 e. The molecule has 1 atom stereocenters. The van der Waals surface area contributed by atoms with Crippen LogP contribution in [0.4, 0.5) is 0 Å². The Kier molecular flexibility index (Phi) is 4.35. The molecule has 0 radical (unpaired) electrons. The van der Waals surface area contributed by atoms with Gasteiger partial charge in [0.15, 0.2) is 0 Å². The molecule has 1 aliphatic rings. The predicted octanol–water partition coefficient (Wildman–Crippen LogP) is 6.15. The Labute approximate surface area is 150 Å². The van der Waals surface area contributed by atoms with Crippen LogP contribution in [0, 0.1) is 5.92 Å². The summed E-state index contributed by atoms with van der Waals surface area (Å²) in [5.41, 5.74) is 3.84. The highest BCUT2D eigenvalue weighted by Crippen LogP contribution is 2.47. The summed E-state index contributed by atoms with van der Waals surface area (Å²) in [6.45, 7) is 0. The minimum atomic E-state index is -0.189. The largest absolute Gasteiger partial charge is 0.0839 e. The van der Waals surface area contributed by atoms with E-state index >= 15 is 0 Å². The van der Waals surface area contributed by atoms with E-state index in [9.17, 15) is 0 Å². The molecule has 0 fully saturated rings. The van der Waals surface area contributed by atoms with Gasteiger partial charge >= 0.3 is 0 Å². The highest BCUT2D eigenvalue weighted by atomic mass is 14.4. The first kappa shape index (κ1) is 15.7. The summed E-state index contributed by atoms with van der Waals surface area (Å²) >= 11 is 0. The van der Waals surface area contributed by atoms with E-state index in [1.807, 2.05) is 0 Å². The minimum Gasteiger partial charge on any atom is -0.0839 e. The molecule has 0 nitrogen and oxygen atoms in total. The van der Waals surface area contributed by atoms with Gasteiger partial charge in [-0.1, -0.05) is 115 Å². The Morgan fingerprint density at radius 1 is 0.560 bits per heavy atom. The van der Waals surface area contributed by atoms with Gasteiger partial charge in [-0.05, 0) is 29.0 Å². The molecule has 1 unspecified atom stereocenters. The van der Waals surface area contributed by atoms with Crippen LogP contribution in [0.2, 0.25) is 0 Å². The zero-order chi connectivity index (χ0) is 17.0. The van der Waals surface area contributed by atoms with E-state index in [2.05, 4.69) is 115 Å². The van der Waals surface area contributed by atoms with E-state index in [4.69, 9.17) is 0 Å². The Balaban J connectivity index is 2.05. The van der Waals surface area contributed by atoms with Crippen molar-refractivity contribution in [3.8, 4) is 0 Å². The summed E-state index contributed by atoms with van der Waals surface area (Å²) in [7, 11) is 0. The van der Waals surface area contributed by atoms with Gasteiger partial charge in [0, 0.05) is 0 Å². The SMILES string of the molecule is C1=CCC(C(c2ccccc2)(c2ccccc2)c2ccccc2)C=C1. The fourth-order valence-corrected chi connectivity index (χ4v) is 4.15. The van der Waals surface area contributed by atoms with Crippen molar-refractivity contribution in [1.29, 1.82) is 0 Å². The topological polar surface area (TPSA) is 0 Å². The van der Waals surface area contributed by atoms with Crippen molar-refractivity contribution in [2.75, 3.05) is 0 Å². The Morgan fingerprint density at radius 3 is 1.36 bits per heavy atom. The maximum absolute atomic E-state index is 2.37. The van der Waals surface area contributed by atoms with Crippen molar-refractivity contribution in [2.45, 2.75) is 11.8 Å². The van der Waals surface area contributed by atoms with Crippen molar-refractivity contribution in [1.82, 2.24) is 0 Å². The first-order valence-electron chi connectivity index (χ1n) is 8.92. The number of allylic oxidation sites excluding steroid dienone is 4. The van der Waals surface area contributed by atoms with Crippen LogP contribution in [0.5, 0.6) is 0 Å². The van der Waals surface area contributed by atoms with Gasteiger partial charge in [0.2, 0.25) is 0 Å². The Hall–Kier alpha value is -2.86. The molecule has 0 amide bonds. The molecule has 0 aromatic heterocycles. The molecular weight excluding hydrogens is 300 g/mol. The van der Waals surface area contributed by atoms with Crippen molar-refractivity contribution >= 4 is 0 Å². The average Bonchev–Trinajstić information content (AvgIpc) is 2.72. The summed E-state index contributed by atoms with van der Waals surface area (Å²) in [5, 5.41) is 0. The Morgan fingerprint density at radius 2 is 1.00 bits per heavy atom. The van der Waals surface area contributed by atoms with Crippen LogP contribution in [0.3, 0.4) is 0 Å². The van der Waals surface area contributed by atoms with Crippen LogP contribution >= 0.6 is 0 Å². The van der Waals surface area contributed by atoms with Gasteiger partial charge in [-0.15, -0.1) is 0 Å². The van der Waals surface area contributed by atoms with Crippen LogP contribution in [0.1, 0.15) is 23.1 Å². The van der Waals surface area contributed by atoms with Crippen molar-refractivity contribution in [3.63, 3.8) is 0 Å². The Bertz CT molecular complexity index is 761. The lowest BCUT2D eigenvalue weighted by molar-refractivity contribution is 0.448. The molecule has 0 N–H and O–H groups in total. The molecule has 0 spiro atoms. The summed E-state index contributed by atoms with van der Waals surface area (Å²) in [6, 6.07) is 32.8. The first-order chi connectivity index (χ1) is 12.4. The van der Waals surface area contributed by atoms with Gasteiger partial charge < -0.3 is 0 Å². The lowest BCUT2D eigenvalue weighted by Crippen LogP contribution is -2.37. The number of hydrogen-bond donors (Lipinski definition) is 0. The van der Waals surface area contributed by atoms with Crippen LogP contribution in [-0.2, 0) is 5.41 Å². The standard InChI is InChI=1S/C25H22/c1-5-13-21(14-6-1)25(22-15-7-2-8-16-22,23-17-9-3-10-18-23)24-19-11-4-12-20-24/h1-19,24H,20H2. The summed E-state index contributed by atoms with van der Waals surface area (Å²) in [6.07, 6.45) is 10.0. The molecule has 122 valence electrons. The van der Waals surface area contributed by atoms with Gasteiger partial charge in [0.05, 0.1) is 5.41 Å². The highest BCUT2D eigenvalue weighted by Gasteiger charge is 2.42. The van der Waals surface area contributed by atoms with Crippen LogP contribution < -0.4 is 0 Å². The second kappa shape index (κ2) is 6.94. The van der Waals surface area contributed by atoms with Crippen molar-refractivity contribution < 1.29 is 0 Å². The normalized spacial score (nSPS) is 16.7. The molecule has 0 heterocycles. The third-order valence-electron chi connectivity index (χ3n) is 5.22. The monoisotopic (exact) mass is 322 g/mol. The smallest absolute Gasteiger partial charge is 0.0516 e. The van der Waals surface area contributed by atoms with E-state index in [0.717, 1.165) is 6.42 Å². The number of hydrogen-bond acceptors (Lipinski definition) is 0. The van der Waals surface area contributed by atoms with Gasteiger partial charge in [-0.25, -0.2) is 0 Å². The van der Waals surface area contributed by atoms with Gasteiger partial charge in [0.1, 0.15) is 0 Å². The zero-order valence-corrected chi connectivity index (χ0v) is 14.3. The molecule has 0 bridgehead atoms. The molecule has 3 aromatic carbocycles. The van der Waals surface area contributed by atoms with Crippen LogP contribution in [-0.4, -0.2) is 0 Å². The lowest BCUT2D eigenvalue weighted by atomic mass is 9.60. The van der Waals surface area contributed by atoms with Gasteiger partial charge in [-0.3, -0.25) is 0 Å². The fraction of sp³-hybridized carbons (Fsp3) is 0.120. The summed E-state index contributed by atoms with van der Waals surface area (Å²) in [5.74, 6) is 0.379. The molecule has 0 saturated carbocycles. The zero-order valence-electron chi connectivity index (χ0n) is 14.3. The quantitative estimate of drug-likeness (QED) is 0.505. The maximum atomic E-state index is 2.37. The average molecular weight is 322 g/mol. The summed E-state index contributed by atoms with van der Waals surface area (Å²) < 4.78 is 0. The minimum absolute atomic E-state index is 0.189. The molecular formula is C25H22. The molecule has 0 heteroatoms. The van der Waals surface area contributed by atoms with Crippen molar-refractivity contribution in [2.24, 2.45) is 5.92 Å². The third kappa shape index (κ3) is 2.74. The number of rotatable bonds is 4. The molecule has 1 aliphatic carbocycles. The van der Waals surface area contributed by atoms with Crippen molar-refractivity contribution in [3.05, 3.63) is 132 Å². The first-order valence-corrected chi connectivity index (χ1v) is 8.92. The van der Waals surface area contributed by atoms with E-state index < -0.39 is 0 Å². The second-order valence-corrected chi connectivity index (χ2v) is 6.56.